The zero-order valence-corrected chi connectivity index (χ0v) is 9.19. The molecule has 1 atom stereocenters. The summed E-state index contributed by atoms with van der Waals surface area (Å²) in [5.41, 5.74) is 6.50. The van der Waals surface area contributed by atoms with E-state index in [9.17, 15) is 9.59 Å². The highest BCUT2D eigenvalue weighted by Gasteiger charge is 2.36. The van der Waals surface area contributed by atoms with Crippen LogP contribution in [-0.2, 0) is 9.59 Å². The first-order chi connectivity index (χ1) is 7.50. The van der Waals surface area contributed by atoms with Crippen molar-refractivity contribution in [3.63, 3.8) is 0 Å². The largest absolute Gasteiger partial charge is 0.369 e. The van der Waals surface area contributed by atoms with Crippen LogP contribution in [0.25, 0.3) is 0 Å². The van der Waals surface area contributed by atoms with E-state index in [0.717, 1.165) is 0 Å². The van der Waals surface area contributed by atoms with E-state index in [1.807, 2.05) is 0 Å². The molecule has 1 saturated heterocycles. The van der Waals surface area contributed by atoms with Crippen LogP contribution >= 0.6 is 0 Å². The van der Waals surface area contributed by atoms with Gasteiger partial charge in [0, 0.05) is 13.0 Å². The van der Waals surface area contributed by atoms with E-state index in [1.54, 1.807) is 13.8 Å². The summed E-state index contributed by atoms with van der Waals surface area (Å²) in [7, 11) is 0. The lowest BCUT2D eigenvalue weighted by Crippen LogP contribution is -2.28. The molecule has 0 spiro atoms. The molecule has 86 valence electrons. The van der Waals surface area contributed by atoms with Crippen LogP contribution in [-0.4, -0.2) is 23.5 Å². The maximum atomic E-state index is 11.7. The van der Waals surface area contributed by atoms with Crippen LogP contribution in [0.3, 0.4) is 0 Å². The van der Waals surface area contributed by atoms with Gasteiger partial charge in [-0.25, -0.2) is 0 Å². The summed E-state index contributed by atoms with van der Waals surface area (Å²) in [6.07, 6.45) is 0.166. The smallest absolute Gasteiger partial charge is 0.228 e. The molecule has 2 heterocycles. The zero-order chi connectivity index (χ0) is 11.9. The topological polar surface area (TPSA) is 89.4 Å². The summed E-state index contributed by atoms with van der Waals surface area (Å²) in [4.78, 5) is 24.3. The number of aromatic nitrogens is 1. The maximum Gasteiger partial charge on any atom is 0.228 e. The van der Waals surface area contributed by atoms with Gasteiger partial charge in [0.2, 0.25) is 11.8 Å². The lowest BCUT2D eigenvalue weighted by atomic mass is 10.1. The normalized spacial score (nSPS) is 20.5. The Morgan fingerprint density at radius 1 is 1.56 bits per heavy atom. The third-order valence-corrected chi connectivity index (χ3v) is 2.79. The van der Waals surface area contributed by atoms with Crippen molar-refractivity contribution in [3.05, 3.63) is 11.5 Å². The van der Waals surface area contributed by atoms with Crippen LogP contribution in [0.4, 0.5) is 5.69 Å². The molecule has 0 bridgehead atoms. The number of amides is 2. The highest BCUT2D eigenvalue weighted by molar-refractivity contribution is 6.00. The number of nitrogens with two attached hydrogens (primary N) is 1. The molecule has 1 fully saturated rings. The predicted molar refractivity (Wildman–Crippen MR) is 55.6 cm³/mol. The molecule has 2 amide bonds. The SMILES string of the molecule is Cc1noc(C)c1N1CC(C(N)=O)CC1=O. The van der Waals surface area contributed by atoms with Crippen LogP contribution in [0.15, 0.2) is 4.52 Å². The van der Waals surface area contributed by atoms with Crippen molar-refractivity contribution in [2.24, 2.45) is 11.7 Å². The van der Waals surface area contributed by atoms with E-state index < -0.39 is 11.8 Å². The lowest BCUT2D eigenvalue weighted by molar-refractivity contribution is -0.123. The van der Waals surface area contributed by atoms with Crippen LogP contribution < -0.4 is 10.6 Å². The molecule has 0 saturated carbocycles. The Kier molecular flexibility index (Phi) is 2.41. The average Bonchev–Trinajstić information content (AvgIpc) is 2.71. The Morgan fingerprint density at radius 2 is 2.25 bits per heavy atom. The monoisotopic (exact) mass is 223 g/mol. The summed E-state index contributed by atoms with van der Waals surface area (Å²) in [5, 5.41) is 3.78. The number of carbonyl (C=O) groups excluding carboxylic acids is 2. The minimum atomic E-state index is -0.442. The summed E-state index contributed by atoms with van der Waals surface area (Å²) >= 11 is 0. The second-order valence-electron chi connectivity index (χ2n) is 3.98. The molecule has 1 aliphatic rings. The summed E-state index contributed by atoms with van der Waals surface area (Å²) in [6.45, 7) is 3.81. The number of hydrogen-bond acceptors (Lipinski definition) is 4. The number of primary amides is 1. The summed E-state index contributed by atoms with van der Waals surface area (Å²) in [5.74, 6) is -0.391. The van der Waals surface area contributed by atoms with E-state index in [4.69, 9.17) is 10.3 Å². The van der Waals surface area contributed by atoms with Gasteiger partial charge in [-0.1, -0.05) is 5.16 Å². The molecule has 1 aliphatic heterocycles. The Balaban J connectivity index is 2.30. The second-order valence-corrected chi connectivity index (χ2v) is 3.98. The number of hydrogen-bond donors (Lipinski definition) is 1. The molecular weight excluding hydrogens is 210 g/mol. The van der Waals surface area contributed by atoms with Crippen molar-refractivity contribution in [2.45, 2.75) is 20.3 Å². The van der Waals surface area contributed by atoms with Crippen LogP contribution in [0, 0.1) is 19.8 Å². The van der Waals surface area contributed by atoms with E-state index >= 15 is 0 Å². The molecule has 1 unspecified atom stereocenters. The van der Waals surface area contributed by atoms with Gasteiger partial charge in [0.1, 0.15) is 11.4 Å². The summed E-state index contributed by atoms with van der Waals surface area (Å²) < 4.78 is 4.99. The average molecular weight is 223 g/mol. The van der Waals surface area contributed by atoms with Gasteiger partial charge in [0.05, 0.1) is 5.92 Å². The number of nitrogens with zero attached hydrogens (tertiary/aromatic N) is 2. The molecule has 2 N–H and O–H groups in total. The van der Waals surface area contributed by atoms with Crippen molar-refractivity contribution < 1.29 is 14.1 Å². The third kappa shape index (κ3) is 1.56. The van der Waals surface area contributed by atoms with Gasteiger partial charge in [0.25, 0.3) is 0 Å². The van der Waals surface area contributed by atoms with Crippen LogP contribution in [0.1, 0.15) is 17.9 Å². The van der Waals surface area contributed by atoms with Crippen molar-refractivity contribution in [1.82, 2.24) is 5.16 Å². The van der Waals surface area contributed by atoms with Crippen LogP contribution in [0.5, 0.6) is 0 Å². The maximum absolute atomic E-state index is 11.7. The van der Waals surface area contributed by atoms with Gasteiger partial charge in [-0.2, -0.15) is 0 Å². The van der Waals surface area contributed by atoms with E-state index in [1.165, 1.54) is 4.90 Å². The standard InChI is InChI=1S/C10H13N3O3/c1-5-9(6(2)16-12-5)13-4-7(10(11)15)3-8(13)14/h7H,3-4H2,1-2H3,(H2,11,15). The fourth-order valence-corrected chi connectivity index (χ4v) is 1.98. The molecule has 0 aliphatic carbocycles. The Hall–Kier alpha value is -1.85. The number of rotatable bonds is 2. The Bertz CT molecular complexity index is 433. The zero-order valence-electron chi connectivity index (χ0n) is 9.19. The minimum absolute atomic E-state index is 0.113. The van der Waals surface area contributed by atoms with Gasteiger partial charge < -0.3 is 15.2 Å². The van der Waals surface area contributed by atoms with Gasteiger partial charge in [-0.3, -0.25) is 9.59 Å². The summed E-state index contributed by atoms with van der Waals surface area (Å²) in [6, 6.07) is 0. The van der Waals surface area contributed by atoms with Gasteiger partial charge in [0.15, 0.2) is 5.76 Å². The molecule has 1 aromatic rings. The van der Waals surface area contributed by atoms with Gasteiger partial charge >= 0.3 is 0 Å². The molecular formula is C10H13N3O3. The van der Waals surface area contributed by atoms with Crippen molar-refractivity contribution in [2.75, 3.05) is 11.4 Å². The first-order valence-electron chi connectivity index (χ1n) is 5.03. The number of aryl methyl sites for hydroxylation is 2. The van der Waals surface area contributed by atoms with Crippen molar-refractivity contribution in [1.29, 1.82) is 0 Å². The quantitative estimate of drug-likeness (QED) is 0.771. The third-order valence-electron chi connectivity index (χ3n) is 2.79. The molecule has 16 heavy (non-hydrogen) atoms. The van der Waals surface area contributed by atoms with Gasteiger partial charge in [-0.05, 0) is 13.8 Å². The van der Waals surface area contributed by atoms with Crippen molar-refractivity contribution in [3.8, 4) is 0 Å². The molecule has 6 nitrogen and oxygen atoms in total. The molecule has 6 heteroatoms. The van der Waals surface area contributed by atoms with Crippen LogP contribution in [0.2, 0.25) is 0 Å². The van der Waals surface area contributed by atoms with E-state index in [0.29, 0.717) is 23.7 Å². The fourth-order valence-electron chi connectivity index (χ4n) is 1.98. The lowest BCUT2D eigenvalue weighted by Gasteiger charge is -2.14. The molecule has 0 radical (unpaired) electrons. The highest BCUT2D eigenvalue weighted by Crippen LogP contribution is 2.30. The first kappa shape index (κ1) is 10.7. The van der Waals surface area contributed by atoms with E-state index in [2.05, 4.69) is 5.16 Å². The molecule has 0 aromatic carbocycles. The van der Waals surface area contributed by atoms with Gasteiger partial charge in [-0.15, -0.1) is 0 Å². The Labute approximate surface area is 92.4 Å². The Morgan fingerprint density at radius 3 is 2.69 bits per heavy atom. The van der Waals surface area contributed by atoms with Crippen molar-refractivity contribution >= 4 is 17.5 Å². The fraction of sp³-hybridized carbons (Fsp3) is 0.500. The molecule has 1 aromatic heterocycles. The first-order valence-corrected chi connectivity index (χ1v) is 5.03. The number of anilines is 1. The predicted octanol–water partition coefficient (Wildman–Crippen LogP) is 0.130. The molecule has 2 rings (SSSR count). The number of carbonyl (C=O) groups is 2. The second kappa shape index (κ2) is 3.62. The highest BCUT2D eigenvalue weighted by atomic mass is 16.5. The van der Waals surface area contributed by atoms with E-state index in [-0.39, 0.29) is 12.3 Å². The minimum Gasteiger partial charge on any atom is -0.369 e.